The third-order valence-electron chi connectivity index (χ3n) is 1.89. The molecule has 16 heavy (non-hydrogen) atoms. The van der Waals surface area contributed by atoms with Crippen LogP contribution in [0.25, 0.3) is 0 Å². The number of H-pyrrole nitrogens is 1. The summed E-state index contributed by atoms with van der Waals surface area (Å²) < 4.78 is 5.25. The van der Waals surface area contributed by atoms with Crippen LogP contribution in [0.5, 0.6) is 0 Å². The molecule has 6 heteroatoms. The van der Waals surface area contributed by atoms with Crippen LogP contribution in [0, 0.1) is 0 Å². The predicted molar refractivity (Wildman–Crippen MR) is 61.4 cm³/mol. The SMILES string of the molecule is O=C(Nc1c[nH]cc(Br)c1=O)c1ccco1. The second-order valence-electron chi connectivity index (χ2n) is 2.98. The van der Waals surface area contributed by atoms with Crippen molar-refractivity contribution in [2.75, 3.05) is 5.32 Å². The lowest BCUT2D eigenvalue weighted by atomic mass is 10.3. The van der Waals surface area contributed by atoms with E-state index in [1.54, 1.807) is 6.07 Å². The summed E-state index contributed by atoms with van der Waals surface area (Å²) in [6, 6.07) is 3.11. The van der Waals surface area contributed by atoms with Crippen LogP contribution in [-0.2, 0) is 0 Å². The van der Waals surface area contributed by atoms with Crippen LogP contribution >= 0.6 is 15.9 Å². The lowest BCUT2D eigenvalue weighted by Crippen LogP contribution is -2.18. The van der Waals surface area contributed by atoms with Gasteiger partial charge in [-0.05, 0) is 28.1 Å². The fourth-order valence-electron chi connectivity index (χ4n) is 1.14. The molecule has 0 aliphatic heterocycles. The van der Waals surface area contributed by atoms with Crippen molar-refractivity contribution >= 4 is 27.5 Å². The third-order valence-corrected chi connectivity index (χ3v) is 2.48. The van der Waals surface area contributed by atoms with E-state index in [0.29, 0.717) is 4.47 Å². The van der Waals surface area contributed by atoms with E-state index in [1.165, 1.54) is 24.7 Å². The van der Waals surface area contributed by atoms with Gasteiger partial charge in [0.05, 0.1) is 10.7 Å². The molecule has 82 valence electrons. The van der Waals surface area contributed by atoms with Crippen molar-refractivity contribution in [2.45, 2.75) is 0 Å². The maximum absolute atomic E-state index is 11.6. The Balaban J connectivity index is 2.25. The molecule has 1 amide bonds. The molecule has 2 aromatic heterocycles. The Morgan fingerprint density at radius 3 is 2.94 bits per heavy atom. The molecule has 0 aliphatic rings. The standard InChI is InChI=1S/C10H7BrN2O3/c11-6-4-12-5-7(9(6)14)13-10(15)8-2-1-3-16-8/h1-5H,(H,12,14)(H,13,15). The maximum Gasteiger partial charge on any atom is 0.291 e. The van der Waals surface area contributed by atoms with Gasteiger partial charge in [-0.25, -0.2) is 0 Å². The average molecular weight is 283 g/mol. The highest BCUT2D eigenvalue weighted by molar-refractivity contribution is 9.10. The van der Waals surface area contributed by atoms with E-state index in [0.717, 1.165) is 0 Å². The summed E-state index contributed by atoms with van der Waals surface area (Å²) >= 11 is 3.07. The van der Waals surface area contributed by atoms with Crippen LogP contribution in [0.2, 0.25) is 0 Å². The summed E-state index contributed by atoms with van der Waals surface area (Å²) in [4.78, 5) is 25.9. The smallest absolute Gasteiger partial charge is 0.291 e. The van der Waals surface area contributed by atoms with Gasteiger partial charge in [0.1, 0.15) is 5.69 Å². The molecule has 2 N–H and O–H groups in total. The zero-order chi connectivity index (χ0) is 11.5. The number of carbonyl (C=O) groups is 1. The van der Waals surface area contributed by atoms with Crippen LogP contribution in [0.3, 0.4) is 0 Å². The first kappa shape index (κ1) is 10.7. The topological polar surface area (TPSA) is 75.1 Å². The molecular weight excluding hydrogens is 276 g/mol. The van der Waals surface area contributed by atoms with Gasteiger partial charge in [0.15, 0.2) is 5.76 Å². The second kappa shape index (κ2) is 4.36. The zero-order valence-corrected chi connectivity index (χ0v) is 9.58. The van der Waals surface area contributed by atoms with E-state index in [2.05, 4.69) is 26.2 Å². The Kier molecular flexibility index (Phi) is 2.91. The van der Waals surface area contributed by atoms with Crippen molar-refractivity contribution < 1.29 is 9.21 Å². The number of rotatable bonds is 2. The van der Waals surface area contributed by atoms with Gasteiger partial charge in [-0.3, -0.25) is 9.59 Å². The van der Waals surface area contributed by atoms with Crippen LogP contribution < -0.4 is 10.7 Å². The zero-order valence-electron chi connectivity index (χ0n) is 7.99. The van der Waals surface area contributed by atoms with Crippen molar-refractivity contribution in [1.82, 2.24) is 4.98 Å². The van der Waals surface area contributed by atoms with Crippen molar-refractivity contribution in [3.63, 3.8) is 0 Å². The molecule has 0 fully saturated rings. The summed E-state index contributed by atoms with van der Waals surface area (Å²) in [7, 11) is 0. The van der Waals surface area contributed by atoms with Crippen molar-refractivity contribution in [2.24, 2.45) is 0 Å². The molecule has 0 aromatic carbocycles. The Bertz CT molecular complexity index is 560. The number of halogens is 1. The molecule has 0 saturated heterocycles. The normalized spacial score (nSPS) is 10.1. The fourth-order valence-corrected chi connectivity index (χ4v) is 1.49. The number of aromatic amines is 1. The van der Waals surface area contributed by atoms with Gasteiger partial charge in [0.2, 0.25) is 5.43 Å². The molecule has 0 saturated carbocycles. The van der Waals surface area contributed by atoms with Gasteiger partial charge in [-0.15, -0.1) is 0 Å². The predicted octanol–water partition coefficient (Wildman–Crippen LogP) is 1.98. The number of furan rings is 1. The number of pyridine rings is 1. The first-order valence-electron chi connectivity index (χ1n) is 4.40. The molecule has 2 heterocycles. The van der Waals surface area contributed by atoms with Gasteiger partial charge < -0.3 is 14.7 Å². The highest BCUT2D eigenvalue weighted by atomic mass is 79.9. The molecule has 0 atom stereocenters. The monoisotopic (exact) mass is 282 g/mol. The molecule has 0 radical (unpaired) electrons. The number of hydrogen-bond acceptors (Lipinski definition) is 3. The van der Waals surface area contributed by atoms with E-state index in [4.69, 9.17) is 4.42 Å². The molecule has 0 aliphatic carbocycles. The van der Waals surface area contributed by atoms with Crippen LogP contribution in [-0.4, -0.2) is 10.9 Å². The average Bonchev–Trinajstić information content (AvgIpc) is 2.78. The first-order chi connectivity index (χ1) is 7.68. The molecule has 0 spiro atoms. The number of anilines is 1. The lowest BCUT2D eigenvalue weighted by molar-refractivity contribution is 0.0996. The molecule has 5 nitrogen and oxygen atoms in total. The Labute approximate surface area is 98.6 Å². The highest BCUT2D eigenvalue weighted by Gasteiger charge is 2.11. The third kappa shape index (κ3) is 2.06. The minimum absolute atomic E-state index is 0.152. The molecular formula is C10H7BrN2O3. The van der Waals surface area contributed by atoms with Crippen LogP contribution in [0.4, 0.5) is 5.69 Å². The summed E-state index contributed by atoms with van der Waals surface area (Å²) in [5.74, 6) is -0.312. The summed E-state index contributed by atoms with van der Waals surface area (Å²) in [5, 5.41) is 2.45. The summed E-state index contributed by atoms with van der Waals surface area (Å²) in [6.07, 6.45) is 4.29. The highest BCUT2D eigenvalue weighted by Crippen LogP contribution is 2.08. The van der Waals surface area contributed by atoms with E-state index < -0.39 is 5.91 Å². The minimum atomic E-state index is -0.464. The van der Waals surface area contributed by atoms with Gasteiger partial charge in [-0.1, -0.05) is 0 Å². The number of aromatic nitrogens is 1. The van der Waals surface area contributed by atoms with Crippen LogP contribution in [0.15, 0.2) is 44.5 Å². The maximum atomic E-state index is 11.6. The van der Waals surface area contributed by atoms with E-state index >= 15 is 0 Å². The number of carbonyl (C=O) groups excluding carboxylic acids is 1. The van der Waals surface area contributed by atoms with E-state index in [9.17, 15) is 9.59 Å². The van der Waals surface area contributed by atoms with Gasteiger partial charge >= 0.3 is 0 Å². The van der Waals surface area contributed by atoms with Gasteiger partial charge in [0, 0.05) is 12.4 Å². The number of hydrogen-bond donors (Lipinski definition) is 2. The number of amides is 1. The minimum Gasteiger partial charge on any atom is -0.459 e. The Hall–Kier alpha value is -1.82. The largest absolute Gasteiger partial charge is 0.459 e. The van der Waals surface area contributed by atoms with Crippen molar-refractivity contribution in [3.05, 3.63) is 51.2 Å². The first-order valence-corrected chi connectivity index (χ1v) is 5.19. The molecule has 0 unspecified atom stereocenters. The van der Waals surface area contributed by atoms with Crippen molar-refractivity contribution in [1.29, 1.82) is 0 Å². The fraction of sp³-hybridized carbons (Fsp3) is 0. The Morgan fingerprint density at radius 2 is 2.25 bits per heavy atom. The number of nitrogens with one attached hydrogen (secondary N) is 2. The van der Waals surface area contributed by atoms with Crippen LogP contribution in [0.1, 0.15) is 10.6 Å². The van der Waals surface area contributed by atoms with E-state index in [1.807, 2.05) is 0 Å². The quantitative estimate of drug-likeness (QED) is 0.884. The molecule has 0 bridgehead atoms. The van der Waals surface area contributed by atoms with Gasteiger partial charge in [0.25, 0.3) is 5.91 Å². The molecule has 2 aromatic rings. The van der Waals surface area contributed by atoms with Crippen molar-refractivity contribution in [3.8, 4) is 0 Å². The second-order valence-corrected chi connectivity index (χ2v) is 3.83. The molecule has 2 rings (SSSR count). The Morgan fingerprint density at radius 1 is 1.44 bits per heavy atom. The van der Waals surface area contributed by atoms with E-state index in [-0.39, 0.29) is 16.9 Å². The van der Waals surface area contributed by atoms with Gasteiger partial charge in [-0.2, -0.15) is 0 Å². The summed E-state index contributed by atoms with van der Waals surface area (Å²) in [6.45, 7) is 0. The lowest BCUT2D eigenvalue weighted by Gasteiger charge is -2.01. The summed E-state index contributed by atoms with van der Waals surface area (Å²) in [5.41, 5.74) is -0.130.